The molecule has 0 aliphatic carbocycles. The molecule has 1 aromatic heterocycles. The summed E-state index contributed by atoms with van der Waals surface area (Å²) in [6.45, 7) is 5.25. The van der Waals surface area contributed by atoms with E-state index in [1.807, 2.05) is 24.8 Å². The highest BCUT2D eigenvalue weighted by Gasteiger charge is 2.13. The van der Waals surface area contributed by atoms with Crippen LogP contribution in [-0.4, -0.2) is 40.4 Å². The van der Waals surface area contributed by atoms with Crippen molar-refractivity contribution in [2.45, 2.75) is 13.5 Å². The number of carbonyl (C=O) groups excluding carboxylic acids is 1. The number of aromatic amines is 1. The minimum atomic E-state index is -0.0976. The summed E-state index contributed by atoms with van der Waals surface area (Å²) in [5.74, 6) is 2.32. The van der Waals surface area contributed by atoms with Gasteiger partial charge in [0.2, 0.25) is 0 Å². The molecule has 0 bridgehead atoms. The highest BCUT2D eigenvalue weighted by atomic mass is 32.2. The van der Waals surface area contributed by atoms with Gasteiger partial charge in [0.05, 0.1) is 0 Å². The van der Waals surface area contributed by atoms with E-state index in [1.54, 1.807) is 12.3 Å². The van der Waals surface area contributed by atoms with Crippen molar-refractivity contribution < 1.29 is 4.79 Å². The van der Waals surface area contributed by atoms with Gasteiger partial charge >= 0.3 is 0 Å². The van der Waals surface area contributed by atoms with Gasteiger partial charge in [0.25, 0.3) is 5.91 Å². The van der Waals surface area contributed by atoms with Crippen LogP contribution in [0.5, 0.6) is 0 Å². The molecule has 2 aromatic rings. The zero-order valence-electron chi connectivity index (χ0n) is 12.8. The fourth-order valence-electron chi connectivity index (χ4n) is 2.58. The molecule has 22 heavy (non-hydrogen) atoms. The van der Waals surface area contributed by atoms with Crippen LogP contribution in [0.1, 0.15) is 21.6 Å². The second-order valence-corrected chi connectivity index (χ2v) is 6.80. The van der Waals surface area contributed by atoms with Crippen LogP contribution in [0.3, 0.4) is 0 Å². The first-order chi connectivity index (χ1) is 10.7. The van der Waals surface area contributed by atoms with E-state index in [9.17, 15) is 4.79 Å². The van der Waals surface area contributed by atoms with E-state index < -0.39 is 0 Å². The highest BCUT2D eigenvalue weighted by molar-refractivity contribution is 7.99. The van der Waals surface area contributed by atoms with Crippen LogP contribution in [0.25, 0.3) is 0 Å². The van der Waals surface area contributed by atoms with E-state index in [-0.39, 0.29) is 5.91 Å². The zero-order valence-corrected chi connectivity index (χ0v) is 13.6. The minimum Gasteiger partial charge on any atom is -0.357 e. The Kier molecular flexibility index (Phi) is 4.85. The number of carbonyl (C=O) groups is 1. The molecule has 1 aliphatic heterocycles. The normalized spacial score (nSPS) is 15.7. The second-order valence-electron chi connectivity index (χ2n) is 5.58. The average molecular weight is 315 g/mol. The lowest BCUT2D eigenvalue weighted by Crippen LogP contribution is -2.32. The third-order valence-electron chi connectivity index (χ3n) is 3.90. The smallest absolute Gasteiger partial charge is 0.272 e. The van der Waals surface area contributed by atoms with Gasteiger partial charge in [-0.1, -0.05) is 12.1 Å². The third kappa shape index (κ3) is 3.72. The summed E-state index contributed by atoms with van der Waals surface area (Å²) in [5, 5.41) is 3.00. The number of hydrogen-bond donors (Lipinski definition) is 2. The number of nitrogens with one attached hydrogen (secondary N) is 2. The SMILES string of the molecule is Cc1ccc(CN2CCSCC2)cc1NC(=O)c1ccc[nH]1. The van der Waals surface area contributed by atoms with E-state index in [4.69, 9.17) is 0 Å². The van der Waals surface area contributed by atoms with Crippen LogP contribution in [0.15, 0.2) is 36.5 Å². The van der Waals surface area contributed by atoms with Crippen molar-refractivity contribution in [1.29, 1.82) is 0 Å². The van der Waals surface area contributed by atoms with Gasteiger partial charge in [-0.15, -0.1) is 0 Å². The molecule has 4 nitrogen and oxygen atoms in total. The first kappa shape index (κ1) is 15.2. The molecule has 0 atom stereocenters. The third-order valence-corrected chi connectivity index (χ3v) is 4.85. The number of nitrogens with zero attached hydrogens (tertiary/aromatic N) is 1. The van der Waals surface area contributed by atoms with Crippen LogP contribution in [0.4, 0.5) is 5.69 Å². The van der Waals surface area contributed by atoms with Crippen LogP contribution in [-0.2, 0) is 6.54 Å². The quantitative estimate of drug-likeness (QED) is 0.911. The number of aromatic nitrogens is 1. The lowest BCUT2D eigenvalue weighted by atomic mass is 10.1. The molecule has 0 unspecified atom stereocenters. The van der Waals surface area contributed by atoms with Crippen molar-refractivity contribution in [3.63, 3.8) is 0 Å². The largest absolute Gasteiger partial charge is 0.357 e. The lowest BCUT2D eigenvalue weighted by Gasteiger charge is -2.26. The summed E-state index contributed by atoms with van der Waals surface area (Å²) in [6, 6.07) is 9.93. The maximum atomic E-state index is 12.2. The summed E-state index contributed by atoms with van der Waals surface area (Å²) < 4.78 is 0. The highest BCUT2D eigenvalue weighted by Crippen LogP contribution is 2.20. The molecule has 0 radical (unpaired) electrons. The molecule has 0 spiro atoms. The Hall–Kier alpha value is -1.72. The van der Waals surface area contributed by atoms with Crippen LogP contribution in [0.2, 0.25) is 0 Å². The number of amides is 1. The van der Waals surface area contributed by atoms with E-state index in [1.165, 1.54) is 17.1 Å². The van der Waals surface area contributed by atoms with Crippen molar-refractivity contribution in [3.8, 4) is 0 Å². The standard InChI is InChI=1S/C17H21N3OS/c1-13-4-5-14(12-20-7-9-22-10-8-20)11-16(13)19-17(21)15-3-2-6-18-15/h2-6,11,18H,7-10,12H2,1H3,(H,19,21). The van der Waals surface area contributed by atoms with Gasteiger partial charge in [0.1, 0.15) is 5.69 Å². The minimum absolute atomic E-state index is 0.0976. The fourth-order valence-corrected chi connectivity index (χ4v) is 3.56. The van der Waals surface area contributed by atoms with Gasteiger partial charge < -0.3 is 10.3 Å². The van der Waals surface area contributed by atoms with Gasteiger partial charge in [-0.25, -0.2) is 0 Å². The predicted octanol–water partition coefficient (Wildman–Crippen LogP) is 3.12. The molecule has 1 aromatic carbocycles. The molecule has 0 saturated carbocycles. The summed E-state index contributed by atoms with van der Waals surface area (Å²) in [6.07, 6.45) is 1.76. The van der Waals surface area contributed by atoms with Crippen molar-refractivity contribution in [3.05, 3.63) is 53.3 Å². The average Bonchev–Trinajstić information content (AvgIpc) is 3.06. The molecular weight excluding hydrogens is 294 g/mol. The van der Waals surface area contributed by atoms with Crippen LogP contribution in [0, 0.1) is 6.92 Å². The predicted molar refractivity (Wildman–Crippen MR) is 92.5 cm³/mol. The Morgan fingerprint density at radius 2 is 2.14 bits per heavy atom. The summed E-state index contributed by atoms with van der Waals surface area (Å²) in [7, 11) is 0. The molecule has 1 amide bonds. The van der Waals surface area contributed by atoms with Crippen LogP contribution < -0.4 is 5.32 Å². The first-order valence-corrected chi connectivity index (χ1v) is 8.72. The number of hydrogen-bond acceptors (Lipinski definition) is 3. The number of H-pyrrole nitrogens is 1. The summed E-state index contributed by atoms with van der Waals surface area (Å²) >= 11 is 2.02. The molecule has 3 rings (SSSR count). The molecule has 2 heterocycles. The van der Waals surface area contributed by atoms with Gasteiger partial charge in [0.15, 0.2) is 0 Å². The summed E-state index contributed by atoms with van der Waals surface area (Å²) in [4.78, 5) is 17.6. The van der Waals surface area contributed by atoms with E-state index in [0.29, 0.717) is 5.69 Å². The molecule has 2 N–H and O–H groups in total. The van der Waals surface area contributed by atoms with Crippen molar-refractivity contribution in [1.82, 2.24) is 9.88 Å². The number of rotatable bonds is 4. The Labute approximate surface area is 135 Å². The first-order valence-electron chi connectivity index (χ1n) is 7.57. The van der Waals surface area contributed by atoms with Gasteiger partial charge in [-0.05, 0) is 36.2 Å². The maximum absolute atomic E-state index is 12.2. The van der Waals surface area contributed by atoms with Crippen molar-refractivity contribution in [2.24, 2.45) is 0 Å². The van der Waals surface area contributed by atoms with E-state index in [0.717, 1.165) is 30.9 Å². The Bertz CT molecular complexity index is 633. The molecule has 116 valence electrons. The van der Waals surface area contributed by atoms with Crippen LogP contribution >= 0.6 is 11.8 Å². The molecule has 5 heteroatoms. The van der Waals surface area contributed by atoms with Gasteiger partial charge in [0, 0.05) is 43.0 Å². The lowest BCUT2D eigenvalue weighted by molar-refractivity contribution is 0.102. The number of thioether (sulfide) groups is 1. The van der Waals surface area contributed by atoms with Crippen molar-refractivity contribution in [2.75, 3.05) is 29.9 Å². The van der Waals surface area contributed by atoms with Crippen molar-refractivity contribution >= 4 is 23.4 Å². The van der Waals surface area contributed by atoms with E-state index in [2.05, 4.69) is 33.4 Å². The van der Waals surface area contributed by atoms with E-state index >= 15 is 0 Å². The molecule has 1 saturated heterocycles. The number of benzene rings is 1. The number of aryl methyl sites for hydroxylation is 1. The molecule has 1 fully saturated rings. The topological polar surface area (TPSA) is 48.1 Å². The number of anilines is 1. The summed E-state index contributed by atoms with van der Waals surface area (Å²) in [5.41, 5.74) is 3.80. The second kappa shape index (κ2) is 7.03. The Balaban J connectivity index is 1.70. The Morgan fingerprint density at radius 3 is 2.86 bits per heavy atom. The Morgan fingerprint density at radius 1 is 1.32 bits per heavy atom. The monoisotopic (exact) mass is 315 g/mol. The molecule has 1 aliphatic rings. The maximum Gasteiger partial charge on any atom is 0.272 e. The zero-order chi connectivity index (χ0) is 15.4. The molecular formula is C17H21N3OS. The van der Waals surface area contributed by atoms with Gasteiger partial charge in [-0.3, -0.25) is 9.69 Å². The van der Waals surface area contributed by atoms with Gasteiger partial charge in [-0.2, -0.15) is 11.8 Å². The fraction of sp³-hybridized carbons (Fsp3) is 0.353.